The summed E-state index contributed by atoms with van der Waals surface area (Å²) >= 11 is 0. The standard InChI is InChI=1S/C15H28N4O/c1-6-8-12-17-13(16-9-7-2)10-14(18-12)19(5)15(3,4)11-20/h10,20H,6-9,11H2,1-5H3,(H,16,17,18). The lowest BCUT2D eigenvalue weighted by atomic mass is 10.1. The monoisotopic (exact) mass is 280 g/mol. The molecule has 0 aliphatic carbocycles. The highest BCUT2D eigenvalue weighted by Gasteiger charge is 2.24. The second-order valence-corrected chi connectivity index (χ2v) is 5.73. The smallest absolute Gasteiger partial charge is 0.134 e. The number of aromatic nitrogens is 2. The Morgan fingerprint density at radius 1 is 1.25 bits per heavy atom. The van der Waals surface area contributed by atoms with Gasteiger partial charge in [-0.1, -0.05) is 13.8 Å². The molecule has 5 nitrogen and oxygen atoms in total. The van der Waals surface area contributed by atoms with Gasteiger partial charge in [0.15, 0.2) is 0 Å². The van der Waals surface area contributed by atoms with Crippen LogP contribution in [0.3, 0.4) is 0 Å². The van der Waals surface area contributed by atoms with Crippen molar-refractivity contribution in [1.82, 2.24) is 9.97 Å². The van der Waals surface area contributed by atoms with Crippen molar-refractivity contribution in [2.75, 3.05) is 30.4 Å². The van der Waals surface area contributed by atoms with Crippen LogP contribution >= 0.6 is 0 Å². The molecule has 0 bridgehead atoms. The summed E-state index contributed by atoms with van der Waals surface area (Å²) in [6.45, 7) is 9.21. The minimum Gasteiger partial charge on any atom is -0.394 e. The molecule has 1 heterocycles. The van der Waals surface area contributed by atoms with Gasteiger partial charge in [-0.05, 0) is 26.7 Å². The van der Waals surface area contributed by atoms with Gasteiger partial charge < -0.3 is 15.3 Å². The Hall–Kier alpha value is -1.36. The number of aliphatic hydroxyl groups is 1. The van der Waals surface area contributed by atoms with E-state index in [2.05, 4.69) is 29.1 Å². The molecular weight excluding hydrogens is 252 g/mol. The number of aryl methyl sites for hydroxylation is 1. The highest BCUT2D eigenvalue weighted by atomic mass is 16.3. The van der Waals surface area contributed by atoms with E-state index in [-0.39, 0.29) is 12.1 Å². The Bertz CT molecular complexity index is 420. The number of likely N-dealkylation sites (N-methyl/N-ethyl adjacent to an activating group) is 1. The number of aliphatic hydroxyl groups excluding tert-OH is 1. The summed E-state index contributed by atoms with van der Waals surface area (Å²) in [7, 11) is 1.96. The van der Waals surface area contributed by atoms with Gasteiger partial charge in [-0.2, -0.15) is 0 Å². The van der Waals surface area contributed by atoms with Crippen molar-refractivity contribution >= 4 is 11.6 Å². The largest absolute Gasteiger partial charge is 0.394 e. The second-order valence-electron chi connectivity index (χ2n) is 5.73. The first kappa shape index (κ1) is 16.7. The van der Waals surface area contributed by atoms with E-state index in [1.807, 2.05) is 31.9 Å². The Morgan fingerprint density at radius 2 is 1.95 bits per heavy atom. The van der Waals surface area contributed by atoms with Crippen molar-refractivity contribution in [3.05, 3.63) is 11.9 Å². The maximum atomic E-state index is 9.51. The van der Waals surface area contributed by atoms with E-state index >= 15 is 0 Å². The number of nitrogens with one attached hydrogen (secondary N) is 1. The normalized spacial score (nSPS) is 11.5. The van der Waals surface area contributed by atoms with Crippen LogP contribution in [0.25, 0.3) is 0 Å². The first-order valence-corrected chi connectivity index (χ1v) is 7.41. The highest BCUT2D eigenvalue weighted by Crippen LogP contribution is 2.22. The van der Waals surface area contributed by atoms with Crippen LogP contribution < -0.4 is 10.2 Å². The molecule has 0 aliphatic heterocycles. The quantitative estimate of drug-likeness (QED) is 0.766. The highest BCUT2D eigenvalue weighted by molar-refractivity contribution is 5.50. The van der Waals surface area contributed by atoms with E-state index in [1.165, 1.54) is 0 Å². The maximum Gasteiger partial charge on any atom is 0.134 e. The molecule has 0 amide bonds. The van der Waals surface area contributed by atoms with Crippen LogP contribution in [0.1, 0.15) is 46.4 Å². The predicted molar refractivity (Wildman–Crippen MR) is 84.4 cm³/mol. The molecule has 0 radical (unpaired) electrons. The minimum atomic E-state index is -0.347. The molecule has 0 aromatic carbocycles. The average Bonchev–Trinajstić information content (AvgIpc) is 2.44. The molecule has 20 heavy (non-hydrogen) atoms. The molecule has 0 atom stereocenters. The molecular formula is C15H28N4O. The van der Waals surface area contributed by atoms with Crippen molar-refractivity contribution in [2.45, 2.75) is 52.5 Å². The van der Waals surface area contributed by atoms with Crippen LogP contribution in [0.5, 0.6) is 0 Å². The summed E-state index contributed by atoms with van der Waals surface area (Å²) in [4.78, 5) is 11.2. The Labute approximate surface area is 122 Å². The second kappa shape index (κ2) is 7.43. The zero-order valence-electron chi connectivity index (χ0n) is 13.4. The van der Waals surface area contributed by atoms with Crippen molar-refractivity contribution in [3.8, 4) is 0 Å². The number of hydrogen-bond donors (Lipinski definition) is 2. The van der Waals surface area contributed by atoms with E-state index in [9.17, 15) is 5.11 Å². The van der Waals surface area contributed by atoms with Gasteiger partial charge in [0.2, 0.25) is 0 Å². The molecule has 1 aromatic rings. The molecule has 1 aromatic heterocycles. The van der Waals surface area contributed by atoms with Crippen LogP contribution in [0.15, 0.2) is 6.07 Å². The van der Waals surface area contributed by atoms with E-state index in [1.54, 1.807) is 0 Å². The van der Waals surface area contributed by atoms with E-state index < -0.39 is 0 Å². The Morgan fingerprint density at radius 3 is 2.50 bits per heavy atom. The number of hydrogen-bond acceptors (Lipinski definition) is 5. The van der Waals surface area contributed by atoms with Crippen molar-refractivity contribution in [3.63, 3.8) is 0 Å². The summed E-state index contributed by atoms with van der Waals surface area (Å²) in [5.41, 5.74) is -0.347. The van der Waals surface area contributed by atoms with E-state index in [0.29, 0.717) is 0 Å². The van der Waals surface area contributed by atoms with Gasteiger partial charge in [-0.25, -0.2) is 9.97 Å². The molecule has 0 fully saturated rings. The molecule has 0 saturated heterocycles. The molecule has 5 heteroatoms. The molecule has 0 saturated carbocycles. The van der Waals surface area contributed by atoms with Crippen molar-refractivity contribution in [1.29, 1.82) is 0 Å². The maximum absolute atomic E-state index is 9.51. The van der Waals surface area contributed by atoms with Crippen molar-refractivity contribution in [2.24, 2.45) is 0 Å². The van der Waals surface area contributed by atoms with Crippen LogP contribution in [0, 0.1) is 0 Å². The third-order valence-electron chi connectivity index (χ3n) is 3.43. The number of rotatable bonds is 8. The topological polar surface area (TPSA) is 61.3 Å². The lowest BCUT2D eigenvalue weighted by Gasteiger charge is -2.35. The fourth-order valence-corrected chi connectivity index (χ4v) is 1.75. The Kier molecular flexibility index (Phi) is 6.20. The van der Waals surface area contributed by atoms with Crippen LogP contribution in [0.2, 0.25) is 0 Å². The van der Waals surface area contributed by atoms with Gasteiger partial charge in [0.1, 0.15) is 17.5 Å². The van der Waals surface area contributed by atoms with E-state index in [4.69, 9.17) is 0 Å². The molecule has 1 rings (SSSR count). The Balaban J connectivity index is 3.07. The van der Waals surface area contributed by atoms with Gasteiger partial charge in [0, 0.05) is 26.1 Å². The lowest BCUT2D eigenvalue weighted by Crippen LogP contribution is -2.45. The van der Waals surface area contributed by atoms with Gasteiger partial charge in [-0.3, -0.25) is 0 Å². The molecule has 114 valence electrons. The first-order chi connectivity index (χ1) is 9.44. The van der Waals surface area contributed by atoms with Crippen LogP contribution in [0.4, 0.5) is 11.6 Å². The summed E-state index contributed by atoms with van der Waals surface area (Å²) in [5, 5.41) is 12.8. The lowest BCUT2D eigenvalue weighted by molar-refractivity contribution is 0.215. The summed E-state index contributed by atoms with van der Waals surface area (Å²) < 4.78 is 0. The fourth-order valence-electron chi connectivity index (χ4n) is 1.75. The minimum absolute atomic E-state index is 0.0777. The predicted octanol–water partition coefficient (Wildman–Crippen LogP) is 2.46. The zero-order valence-corrected chi connectivity index (χ0v) is 13.4. The third-order valence-corrected chi connectivity index (χ3v) is 3.43. The SMILES string of the molecule is CCCNc1cc(N(C)C(C)(C)CO)nc(CCC)n1. The summed E-state index contributed by atoms with van der Waals surface area (Å²) in [6, 6.07) is 1.95. The molecule has 0 unspecified atom stereocenters. The van der Waals surface area contributed by atoms with Crippen LogP contribution in [-0.4, -0.2) is 40.8 Å². The average molecular weight is 280 g/mol. The molecule has 0 aliphatic rings. The van der Waals surface area contributed by atoms with Gasteiger partial charge in [0.25, 0.3) is 0 Å². The van der Waals surface area contributed by atoms with Gasteiger partial charge >= 0.3 is 0 Å². The summed E-state index contributed by atoms with van der Waals surface area (Å²) in [6.07, 6.45) is 2.94. The van der Waals surface area contributed by atoms with Gasteiger partial charge in [0.05, 0.1) is 12.1 Å². The molecule has 2 N–H and O–H groups in total. The van der Waals surface area contributed by atoms with Gasteiger partial charge in [-0.15, -0.1) is 0 Å². The first-order valence-electron chi connectivity index (χ1n) is 7.41. The molecule has 0 spiro atoms. The fraction of sp³-hybridized carbons (Fsp3) is 0.733. The van der Waals surface area contributed by atoms with E-state index in [0.717, 1.165) is 43.3 Å². The number of nitrogens with zero attached hydrogens (tertiary/aromatic N) is 3. The van der Waals surface area contributed by atoms with Crippen LogP contribution in [-0.2, 0) is 6.42 Å². The summed E-state index contributed by atoms with van der Waals surface area (Å²) in [5.74, 6) is 2.56. The zero-order chi connectivity index (χ0) is 15.2. The number of anilines is 2. The third kappa shape index (κ3) is 4.34. The van der Waals surface area contributed by atoms with Crippen molar-refractivity contribution < 1.29 is 5.11 Å².